The van der Waals surface area contributed by atoms with Gasteiger partial charge in [0.2, 0.25) is 0 Å². The minimum absolute atomic E-state index is 0.200. The van der Waals surface area contributed by atoms with Crippen LogP contribution in [0.5, 0.6) is 0 Å². The predicted octanol–water partition coefficient (Wildman–Crippen LogP) is 2.14. The third-order valence-electron chi connectivity index (χ3n) is 3.12. The summed E-state index contributed by atoms with van der Waals surface area (Å²) in [5.74, 6) is -0.417. The van der Waals surface area contributed by atoms with E-state index in [1.807, 2.05) is 36.4 Å². The van der Waals surface area contributed by atoms with Crippen molar-refractivity contribution in [3.63, 3.8) is 0 Å². The van der Waals surface area contributed by atoms with Crippen LogP contribution >= 0.6 is 0 Å². The van der Waals surface area contributed by atoms with Crippen molar-refractivity contribution in [1.29, 1.82) is 0 Å². The van der Waals surface area contributed by atoms with Crippen LogP contribution in [0.2, 0.25) is 0 Å². The average molecular weight is 202 g/mol. The summed E-state index contributed by atoms with van der Waals surface area (Å²) in [7, 11) is 0. The SMILES string of the molecule is CC(=O)C(C)(O)C1C=Cc2ccccc21. The number of benzene rings is 1. The number of carbonyl (C=O) groups excluding carboxylic acids is 1. The fraction of sp³-hybridized carbons (Fsp3) is 0.308. The van der Waals surface area contributed by atoms with Gasteiger partial charge in [-0.1, -0.05) is 36.4 Å². The van der Waals surface area contributed by atoms with Gasteiger partial charge in [0, 0.05) is 5.92 Å². The van der Waals surface area contributed by atoms with Gasteiger partial charge in [-0.15, -0.1) is 0 Å². The van der Waals surface area contributed by atoms with Gasteiger partial charge >= 0.3 is 0 Å². The summed E-state index contributed by atoms with van der Waals surface area (Å²) in [5.41, 5.74) is 0.810. The predicted molar refractivity (Wildman–Crippen MR) is 59.5 cm³/mol. The average Bonchev–Trinajstić information content (AvgIpc) is 2.61. The van der Waals surface area contributed by atoms with Crippen LogP contribution < -0.4 is 0 Å². The number of hydrogen-bond acceptors (Lipinski definition) is 2. The third-order valence-corrected chi connectivity index (χ3v) is 3.12. The Labute approximate surface area is 89.2 Å². The minimum Gasteiger partial charge on any atom is -0.381 e. The van der Waals surface area contributed by atoms with Gasteiger partial charge < -0.3 is 5.11 Å². The van der Waals surface area contributed by atoms with Crippen LogP contribution in [0.1, 0.15) is 30.9 Å². The fourth-order valence-corrected chi connectivity index (χ4v) is 1.96. The van der Waals surface area contributed by atoms with Crippen LogP contribution in [-0.2, 0) is 4.79 Å². The lowest BCUT2D eigenvalue weighted by Gasteiger charge is -2.27. The summed E-state index contributed by atoms with van der Waals surface area (Å²) in [6, 6.07) is 7.82. The normalized spacial score (nSPS) is 22.2. The first-order valence-corrected chi connectivity index (χ1v) is 5.04. The Bertz CT molecular complexity index is 430. The van der Waals surface area contributed by atoms with Gasteiger partial charge in [0.25, 0.3) is 0 Å². The van der Waals surface area contributed by atoms with E-state index in [0.29, 0.717) is 0 Å². The van der Waals surface area contributed by atoms with E-state index in [0.717, 1.165) is 11.1 Å². The van der Waals surface area contributed by atoms with E-state index in [9.17, 15) is 9.90 Å². The first-order chi connectivity index (χ1) is 7.03. The lowest BCUT2D eigenvalue weighted by atomic mass is 9.82. The summed E-state index contributed by atoms with van der Waals surface area (Å²) >= 11 is 0. The Morgan fingerprint density at radius 3 is 2.73 bits per heavy atom. The zero-order valence-corrected chi connectivity index (χ0v) is 8.90. The van der Waals surface area contributed by atoms with Crippen molar-refractivity contribution < 1.29 is 9.90 Å². The molecule has 2 nitrogen and oxygen atoms in total. The summed E-state index contributed by atoms with van der Waals surface area (Å²) in [4.78, 5) is 11.4. The first-order valence-electron chi connectivity index (χ1n) is 5.04. The molecule has 15 heavy (non-hydrogen) atoms. The molecule has 0 spiro atoms. The highest BCUT2D eigenvalue weighted by atomic mass is 16.3. The lowest BCUT2D eigenvalue weighted by Crippen LogP contribution is -2.38. The molecule has 0 bridgehead atoms. The quantitative estimate of drug-likeness (QED) is 0.797. The number of rotatable bonds is 2. The Kier molecular flexibility index (Phi) is 2.24. The lowest BCUT2D eigenvalue weighted by molar-refractivity contribution is -0.134. The van der Waals surface area contributed by atoms with Gasteiger partial charge in [0.1, 0.15) is 5.60 Å². The van der Waals surface area contributed by atoms with Crippen LogP contribution in [-0.4, -0.2) is 16.5 Å². The summed E-state index contributed by atoms with van der Waals surface area (Å²) in [5, 5.41) is 10.1. The van der Waals surface area contributed by atoms with E-state index in [2.05, 4.69) is 0 Å². The van der Waals surface area contributed by atoms with Crippen LogP contribution in [0.15, 0.2) is 30.3 Å². The second-order valence-electron chi connectivity index (χ2n) is 4.17. The monoisotopic (exact) mass is 202 g/mol. The van der Waals surface area contributed by atoms with Crippen molar-refractivity contribution in [2.75, 3.05) is 0 Å². The highest BCUT2D eigenvalue weighted by Gasteiger charge is 2.38. The molecule has 2 unspecified atom stereocenters. The summed E-state index contributed by atoms with van der Waals surface area (Å²) < 4.78 is 0. The van der Waals surface area contributed by atoms with Crippen LogP contribution in [0, 0.1) is 0 Å². The standard InChI is InChI=1S/C13H14O2/c1-9(14)13(2,15)12-8-7-10-5-3-4-6-11(10)12/h3-8,12,15H,1-2H3. The van der Waals surface area contributed by atoms with Gasteiger partial charge in [-0.05, 0) is 25.0 Å². The molecule has 2 heteroatoms. The number of fused-ring (bicyclic) bond motifs is 1. The van der Waals surface area contributed by atoms with Crippen LogP contribution in [0.25, 0.3) is 6.08 Å². The highest BCUT2D eigenvalue weighted by molar-refractivity contribution is 5.87. The molecule has 1 N–H and O–H groups in total. The summed E-state index contributed by atoms with van der Waals surface area (Å²) in [6.45, 7) is 3.00. The topological polar surface area (TPSA) is 37.3 Å². The first kappa shape index (κ1) is 10.1. The van der Waals surface area contributed by atoms with E-state index in [1.54, 1.807) is 6.92 Å². The van der Waals surface area contributed by atoms with Crippen LogP contribution in [0.4, 0.5) is 0 Å². The number of aliphatic hydroxyl groups is 1. The molecule has 0 amide bonds. The molecule has 0 saturated carbocycles. The third kappa shape index (κ3) is 1.51. The molecule has 0 aliphatic heterocycles. The fourth-order valence-electron chi connectivity index (χ4n) is 1.96. The van der Waals surface area contributed by atoms with Gasteiger partial charge in [-0.2, -0.15) is 0 Å². The molecular formula is C13H14O2. The number of carbonyl (C=O) groups is 1. The van der Waals surface area contributed by atoms with E-state index >= 15 is 0 Å². The molecule has 2 atom stereocenters. The van der Waals surface area contributed by atoms with Gasteiger partial charge in [-0.3, -0.25) is 4.79 Å². The molecule has 1 aliphatic carbocycles. The van der Waals surface area contributed by atoms with Gasteiger partial charge in [0.15, 0.2) is 5.78 Å². The second kappa shape index (κ2) is 3.31. The molecule has 1 aromatic rings. The highest BCUT2D eigenvalue weighted by Crippen LogP contribution is 2.37. The van der Waals surface area contributed by atoms with Gasteiger partial charge in [0.05, 0.1) is 0 Å². The van der Waals surface area contributed by atoms with Gasteiger partial charge in [-0.25, -0.2) is 0 Å². The van der Waals surface area contributed by atoms with Crippen molar-refractivity contribution in [3.8, 4) is 0 Å². The van der Waals surface area contributed by atoms with E-state index < -0.39 is 5.60 Å². The molecular weight excluding hydrogens is 188 g/mol. The molecule has 2 rings (SSSR count). The molecule has 1 aliphatic rings. The van der Waals surface area contributed by atoms with Crippen molar-refractivity contribution in [2.24, 2.45) is 0 Å². The van der Waals surface area contributed by atoms with E-state index in [-0.39, 0.29) is 11.7 Å². The Balaban J connectivity index is 2.44. The maximum absolute atomic E-state index is 11.4. The maximum Gasteiger partial charge on any atom is 0.161 e. The minimum atomic E-state index is -1.30. The zero-order valence-electron chi connectivity index (χ0n) is 8.90. The second-order valence-corrected chi connectivity index (χ2v) is 4.17. The number of Topliss-reactive ketones (excluding diaryl/α,β-unsaturated/α-hetero) is 1. The van der Waals surface area contributed by atoms with Crippen molar-refractivity contribution >= 4 is 11.9 Å². The smallest absolute Gasteiger partial charge is 0.161 e. The van der Waals surface area contributed by atoms with E-state index in [1.165, 1.54) is 6.92 Å². The molecule has 0 radical (unpaired) electrons. The van der Waals surface area contributed by atoms with Crippen LogP contribution in [0.3, 0.4) is 0 Å². The number of ketones is 1. The molecule has 78 valence electrons. The summed E-state index contributed by atoms with van der Waals surface area (Å²) in [6.07, 6.45) is 3.85. The van der Waals surface area contributed by atoms with E-state index in [4.69, 9.17) is 0 Å². The molecule has 0 fully saturated rings. The maximum atomic E-state index is 11.4. The van der Waals surface area contributed by atoms with Crippen molar-refractivity contribution in [2.45, 2.75) is 25.4 Å². The van der Waals surface area contributed by atoms with Crippen molar-refractivity contribution in [1.82, 2.24) is 0 Å². The van der Waals surface area contributed by atoms with Crippen molar-refractivity contribution in [3.05, 3.63) is 41.5 Å². The molecule has 0 heterocycles. The Morgan fingerprint density at radius 2 is 2.07 bits per heavy atom. The molecule has 0 saturated heterocycles. The Morgan fingerprint density at radius 1 is 1.40 bits per heavy atom. The molecule has 1 aromatic carbocycles. The Hall–Kier alpha value is -1.41. The largest absolute Gasteiger partial charge is 0.381 e. The number of hydrogen-bond donors (Lipinski definition) is 1. The zero-order chi connectivity index (χ0) is 11.1. The molecule has 0 aromatic heterocycles.